The van der Waals surface area contributed by atoms with E-state index in [0.29, 0.717) is 5.56 Å². The number of nitrogens with zero attached hydrogens (tertiary/aromatic N) is 1. The lowest BCUT2D eigenvalue weighted by atomic mass is 10.1. The van der Waals surface area contributed by atoms with Gasteiger partial charge in [-0.1, -0.05) is 19.1 Å². The molecule has 0 saturated heterocycles. The van der Waals surface area contributed by atoms with E-state index < -0.39 is 0 Å². The number of pyridine rings is 1. The Labute approximate surface area is 94.5 Å². The van der Waals surface area contributed by atoms with Crippen molar-refractivity contribution in [3.63, 3.8) is 0 Å². The SMILES string of the molecule is CCc1ccc2c(C(=O)NC)cccc2n1. The second-order valence-electron chi connectivity index (χ2n) is 3.61. The summed E-state index contributed by atoms with van der Waals surface area (Å²) in [6, 6.07) is 9.54. The van der Waals surface area contributed by atoms with Crippen molar-refractivity contribution in [1.82, 2.24) is 10.3 Å². The Bertz CT molecular complexity index is 534. The molecule has 0 atom stereocenters. The first kappa shape index (κ1) is 10.6. The van der Waals surface area contributed by atoms with Gasteiger partial charge in [-0.2, -0.15) is 0 Å². The molecule has 1 heterocycles. The van der Waals surface area contributed by atoms with Crippen LogP contribution in [0.3, 0.4) is 0 Å². The molecule has 3 heteroatoms. The minimum Gasteiger partial charge on any atom is -0.355 e. The van der Waals surface area contributed by atoms with E-state index in [1.165, 1.54) is 0 Å². The van der Waals surface area contributed by atoms with Gasteiger partial charge in [0.1, 0.15) is 0 Å². The van der Waals surface area contributed by atoms with Crippen LogP contribution in [0.25, 0.3) is 10.9 Å². The van der Waals surface area contributed by atoms with E-state index in [-0.39, 0.29) is 5.91 Å². The van der Waals surface area contributed by atoms with E-state index in [2.05, 4.69) is 17.2 Å². The number of amides is 1. The molecule has 1 N–H and O–H groups in total. The van der Waals surface area contributed by atoms with E-state index in [4.69, 9.17) is 0 Å². The number of carbonyl (C=O) groups excluding carboxylic acids is 1. The average Bonchev–Trinajstić information content (AvgIpc) is 2.36. The van der Waals surface area contributed by atoms with Crippen molar-refractivity contribution >= 4 is 16.8 Å². The fourth-order valence-electron chi connectivity index (χ4n) is 1.73. The predicted molar refractivity (Wildman–Crippen MR) is 64.5 cm³/mol. The van der Waals surface area contributed by atoms with Crippen LogP contribution in [0.15, 0.2) is 30.3 Å². The highest BCUT2D eigenvalue weighted by Crippen LogP contribution is 2.17. The summed E-state index contributed by atoms with van der Waals surface area (Å²) >= 11 is 0. The first-order valence-electron chi connectivity index (χ1n) is 5.37. The fraction of sp³-hybridized carbons (Fsp3) is 0.231. The van der Waals surface area contributed by atoms with E-state index >= 15 is 0 Å². The summed E-state index contributed by atoms with van der Waals surface area (Å²) in [5.41, 5.74) is 2.59. The maximum atomic E-state index is 11.6. The maximum absolute atomic E-state index is 11.6. The van der Waals surface area contributed by atoms with Gasteiger partial charge in [0.2, 0.25) is 0 Å². The molecule has 3 nitrogen and oxygen atoms in total. The number of aryl methyl sites for hydroxylation is 1. The summed E-state index contributed by atoms with van der Waals surface area (Å²) in [6.07, 6.45) is 0.903. The first-order valence-corrected chi connectivity index (χ1v) is 5.37. The predicted octanol–water partition coefficient (Wildman–Crippen LogP) is 2.16. The molecule has 0 aliphatic heterocycles. The van der Waals surface area contributed by atoms with Crippen LogP contribution in [0.2, 0.25) is 0 Å². The van der Waals surface area contributed by atoms with E-state index in [1.54, 1.807) is 7.05 Å². The monoisotopic (exact) mass is 214 g/mol. The quantitative estimate of drug-likeness (QED) is 0.832. The van der Waals surface area contributed by atoms with Crippen LogP contribution in [-0.2, 0) is 6.42 Å². The molecule has 0 aliphatic carbocycles. The molecule has 2 aromatic rings. The summed E-state index contributed by atoms with van der Waals surface area (Å²) in [7, 11) is 1.63. The van der Waals surface area contributed by atoms with Gasteiger partial charge < -0.3 is 5.32 Å². The summed E-state index contributed by atoms with van der Waals surface area (Å²) in [5, 5.41) is 3.54. The van der Waals surface area contributed by atoms with Crippen LogP contribution < -0.4 is 5.32 Å². The topological polar surface area (TPSA) is 42.0 Å². The number of nitrogens with one attached hydrogen (secondary N) is 1. The number of hydrogen-bond donors (Lipinski definition) is 1. The molecule has 0 spiro atoms. The normalized spacial score (nSPS) is 10.4. The van der Waals surface area contributed by atoms with E-state index in [0.717, 1.165) is 23.0 Å². The second-order valence-corrected chi connectivity index (χ2v) is 3.61. The minimum atomic E-state index is -0.0725. The van der Waals surface area contributed by atoms with Gasteiger partial charge in [0, 0.05) is 23.7 Å². The Morgan fingerprint density at radius 2 is 2.12 bits per heavy atom. The third-order valence-corrected chi connectivity index (χ3v) is 2.62. The molecular formula is C13H14N2O. The van der Waals surface area contributed by atoms with Crippen molar-refractivity contribution in [3.05, 3.63) is 41.6 Å². The molecule has 1 aromatic carbocycles. The van der Waals surface area contributed by atoms with Gasteiger partial charge in [-0.15, -0.1) is 0 Å². The highest BCUT2D eigenvalue weighted by Gasteiger charge is 2.08. The molecule has 16 heavy (non-hydrogen) atoms. The molecule has 0 aliphatic rings. The number of aromatic nitrogens is 1. The molecule has 0 saturated carbocycles. The lowest BCUT2D eigenvalue weighted by Gasteiger charge is -2.05. The summed E-state index contributed by atoms with van der Waals surface area (Å²) in [5.74, 6) is -0.0725. The van der Waals surface area contributed by atoms with Crippen LogP contribution in [0.1, 0.15) is 23.0 Å². The van der Waals surface area contributed by atoms with Gasteiger partial charge in [-0.05, 0) is 24.6 Å². The molecule has 0 unspecified atom stereocenters. The van der Waals surface area contributed by atoms with Crippen LogP contribution in [0, 0.1) is 0 Å². The molecule has 2 rings (SSSR count). The van der Waals surface area contributed by atoms with Crippen LogP contribution >= 0.6 is 0 Å². The largest absolute Gasteiger partial charge is 0.355 e. The van der Waals surface area contributed by atoms with Crippen molar-refractivity contribution < 1.29 is 4.79 Å². The van der Waals surface area contributed by atoms with Crippen molar-refractivity contribution in [2.75, 3.05) is 7.05 Å². The number of rotatable bonds is 2. The molecule has 82 valence electrons. The first-order chi connectivity index (χ1) is 7.76. The molecule has 0 fully saturated rings. The van der Waals surface area contributed by atoms with Crippen molar-refractivity contribution in [2.45, 2.75) is 13.3 Å². The van der Waals surface area contributed by atoms with Gasteiger partial charge in [0.25, 0.3) is 5.91 Å². The lowest BCUT2D eigenvalue weighted by Crippen LogP contribution is -2.18. The molecule has 1 amide bonds. The van der Waals surface area contributed by atoms with Gasteiger partial charge >= 0.3 is 0 Å². The van der Waals surface area contributed by atoms with Crippen LogP contribution in [0.4, 0.5) is 0 Å². The van der Waals surface area contributed by atoms with Crippen LogP contribution in [-0.4, -0.2) is 17.9 Å². The lowest BCUT2D eigenvalue weighted by molar-refractivity contribution is 0.0964. The highest BCUT2D eigenvalue weighted by molar-refractivity contribution is 6.06. The second kappa shape index (κ2) is 4.31. The zero-order chi connectivity index (χ0) is 11.5. The highest BCUT2D eigenvalue weighted by atomic mass is 16.1. The minimum absolute atomic E-state index is 0.0725. The summed E-state index contributed by atoms with van der Waals surface area (Å²) < 4.78 is 0. The Morgan fingerprint density at radius 3 is 2.81 bits per heavy atom. The maximum Gasteiger partial charge on any atom is 0.251 e. The number of fused-ring (bicyclic) bond motifs is 1. The Hall–Kier alpha value is -1.90. The molecule has 0 bridgehead atoms. The summed E-state index contributed by atoms with van der Waals surface area (Å²) in [4.78, 5) is 16.1. The fourth-order valence-corrected chi connectivity index (χ4v) is 1.73. The third-order valence-electron chi connectivity index (χ3n) is 2.62. The average molecular weight is 214 g/mol. The molecule has 1 aromatic heterocycles. The zero-order valence-electron chi connectivity index (χ0n) is 9.45. The third kappa shape index (κ3) is 1.76. The molecule has 0 radical (unpaired) electrons. The van der Waals surface area contributed by atoms with Gasteiger partial charge in [-0.3, -0.25) is 9.78 Å². The van der Waals surface area contributed by atoms with E-state index in [9.17, 15) is 4.79 Å². The van der Waals surface area contributed by atoms with Gasteiger partial charge in [-0.25, -0.2) is 0 Å². The standard InChI is InChI=1S/C13H14N2O/c1-3-9-7-8-10-11(13(16)14-2)5-4-6-12(10)15-9/h4-8H,3H2,1-2H3,(H,14,16). The summed E-state index contributed by atoms with van der Waals surface area (Å²) in [6.45, 7) is 2.07. The van der Waals surface area contributed by atoms with E-state index in [1.807, 2.05) is 30.3 Å². The van der Waals surface area contributed by atoms with Gasteiger partial charge in [0.15, 0.2) is 0 Å². The van der Waals surface area contributed by atoms with Crippen LogP contribution in [0.5, 0.6) is 0 Å². The van der Waals surface area contributed by atoms with Gasteiger partial charge in [0.05, 0.1) is 5.52 Å². The number of carbonyl (C=O) groups is 1. The number of hydrogen-bond acceptors (Lipinski definition) is 2. The number of benzene rings is 1. The van der Waals surface area contributed by atoms with Crippen molar-refractivity contribution in [2.24, 2.45) is 0 Å². The smallest absolute Gasteiger partial charge is 0.251 e. The Kier molecular flexibility index (Phi) is 2.86. The van der Waals surface area contributed by atoms with Crippen molar-refractivity contribution in [3.8, 4) is 0 Å². The Balaban J connectivity index is 2.65. The molecular weight excluding hydrogens is 200 g/mol. The Morgan fingerprint density at radius 1 is 1.31 bits per heavy atom. The van der Waals surface area contributed by atoms with Crippen molar-refractivity contribution in [1.29, 1.82) is 0 Å². The zero-order valence-corrected chi connectivity index (χ0v) is 9.45.